The van der Waals surface area contributed by atoms with E-state index in [1.807, 2.05) is 13.0 Å². The maximum atomic E-state index is 8.86. The molecule has 0 aliphatic rings. The van der Waals surface area contributed by atoms with Crippen LogP contribution in [-0.4, -0.2) is 4.98 Å². The fourth-order valence-electron chi connectivity index (χ4n) is 1.36. The molecule has 18 heavy (non-hydrogen) atoms. The third-order valence-corrected chi connectivity index (χ3v) is 3.00. The molecule has 0 spiro atoms. The molecule has 0 radical (unpaired) electrons. The van der Waals surface area contributed by atoms with E-state index in [4.69, 9.17) is 21.6 Å². The summed E-state index contributed by atoms with van der Waals surface area (Å²) in [4.78, 5) is 4.09. The maximum Gasteiger partial charge on any atom is 0.238 e. The molecule has 2 aromatic rings. The molecule has 0 aliphatic heterocycles. The molecule has 0 atom stereocenters. The van der Waals surface area contributed by atoms with Crippen LogP contribution >= 0.6 is 27.5 Å². The Hall–Kier alpha value is -1.57. The fraction of sp³-hybridized carbons (Fsp3) is 0.0769. The first-order valence-corrected chi connectivity index (χ1v) is 6.27. The van der Waals surface area contributed by atoms with Crippen molar-refractivity contribution in [1.29, 1.82) is 5.26 Å². The van der Waals surface area contributed by atoms with Gasteiger partial charge in [0.05, 0.1) is 11.6 Å². The number of ether oxygens (including phenoxy) is 1. The molecule has 0 unspecified atom stereocenters. The van der Waals surface area contributed by atoms with Crippen molar-refractivity contribution in [3.05, 3.63) is 51.1 Å². The lowest BCUT2D eigenvalue weighted by Gasteiger charge is -2.09. The van der Waals surface area contributed by atoms with E-state index in [2.05, 4.69) is 27.0 Å². The van der Waals surface area contributed by atoms with Crippen LogP contribution in [0.1, 0.15) is 11.1 Å². The number of pyridine rings is 1. The van der Waals surface area contributed by atoms with Gasteiger partial charge in [-0.05, 0) is 46.6 Å². The number of halogens is 2. The summed E-state index contributed by atoms with van der Waals surface area (Å²) in [6.45, 7) is 1.89. The van der Waals surface area contributed by atoms with Crippen molar-refractivity contribution in [2.45, 2.75) is 6.92 Å². The molecule has 1 aromatic heterocycles. The largest absolute Gasteiger partial charge is 0.437 e. The van der Waals surface area contributed by atoms with Crippen molar-refractivity contribution >= 4 is 27.5 Å². The SMILES string of the molecule is Cc1ccc(C#N)cc1Oc1ncc(Br)cc1Cl. The van der Waals surface area contributed by atoms with Crippen LogP contribution in [0.2, 0.25) is 5.02 Å². The van der Waals surface area contributed by atoms with E-state index < -0.39 is 0 Å². The lowest BCUT2D eigenvalue weighted by Crippen LogP contribution is -1.92. The van der Waals surface area contributed by atoms with E-state index in [1.54, 1.807) is 24.4 Å². The zero-order chi connectivity index (χ0) is 13.1. The van der Waals surface area contributed by atoms with Crippen LogP contribution in [0.25, 0.3) is 0 Å². The van der Waals surface area contributed by atoms with Crippen molar-refractivity contribution in [3.8, 4) is 17.7 Å². The summed E-state index contributed by atoms with van der Waals surface area (Å²) in [5.41, 5.74) is 1.44. The number of benzene rings is 1. The van der Waals surface area contributed by atoms with Crippen molar-refractivity contribution in [3.63, 3.8) is 0 Å². The summed E-state index contributed by atoms with van der Waals surface area (Å²) in [5.74, 6) is 0.892. The average Bonchev–Trinajstić information content (AvgIpc) is 2.35. The van der Waals surface area contributed by atoms with Crippen molar-refractivity contribution in [2.24, 2.45) is 0 Å². The summed E-state index contributed by atoms with van der Waals surface area (Å²) in [6, 6.07) is 8.98. The van der Waals surface area contributed by atoms with E-state index in [9.17, 15) is 0 Å². The van der Waals surface area contributed by atoms with Crippen LogP contribution in [0.5, 0.6) is 11.6 Å². The quantitative estimate of drug-likeness (QED) is 0.819. The summed E-state index contributed by atoms with van der Waals surface area (Å²) in [6.07, 6.45) is 1.60. The molecule has 0 saturated carbocycles. The molecule has 2 rings (SSSR count). The molecule has 0 N–H and O–H groups in total. The normalized spacial score (nSPS) is 9.89. The zero-order valence-corrected chi connectivity index (χ0v) is 11.8. The van der Waals surface area contributed by atoms with Crippen LogP contribution in [0.15, 0.2) is 34.9 Å². The highest BCUT2D eigenvalue weighted by Gasteiger charge is 2.08. The molecule has 0 aliphatic carbocycles. The highest BCUT2D eigenvalue weighted by atomic mass is 79.9. The Kier molecular flexibility index (Phi) is 3.85. The predicted octanol–water partition coefficient (Wildman–Crippen LogP) is 4.47. The highest BCUT2D eigenvalue weighted by Crippen LogP contribution is 2.31. The topological polar surface area (TPSA) is 45.9 Å². The molecule has 90 valence electrons. The van der Waals surface area contributed by atoms with Crippen molar-refractivity contribution < 1.29 is 4.74 Å². The van der Waals surface area contributed by atoms with E-state index in [0.717, 1.165) is 10.0 Å². The Morgan fingerprint density at radius 2 is 2.17 bits per heavy atom. The number of aryl methyl sites for hydroxylation is 1. The molecule has 0 saturated heterocycles. The molecule has 0 bridgehead atoms. The molecule has 3 nitrogen and oxygen atoms in total. The minimum atomic E-state index is 0.318. The Labute approximate surface area is 118 Å². The lowest BCUT2D eigenvalue weighted by atomic mass is 10.1. The smallest absolute Gasteiger partial charge is 0.238 e. The van der Waals surface area contributed by atoms with Gasteiger partial charge in [-0.25, -0.2) is 4.98 Å². The van der Waals surface area contributed by atoms with Crippen molar-refractivity contribution in [1.82, 2.24) is 4.98 Å². The first kappa shape index (κ1) is 12.9. The maximum absolute atomic E-state index is 8.86. The number of rotatable bonds is 2. The Balaban J connectivity index is 2.37. The van der Waals surface area contributed by atoms with Gasteiger partial charge < -0.3 is 4.74 Å². The van der Waals surface area contributed by atoms with Gasteiger partial charge in [-0.15, -0.1) is 0 Å². The molecule has 1 aromatic carbocycles. The molecular formula is C13H8BrClN2O. The van der Waals surface area contributed by atoms with Crippen molar-refractivity contribution in [2.75, 3.05) is 0 Å². The number of hydrogen-bond acceptors (Lipinski definition) is 3. The monoisotopic (exact) mass is 322 g/mol. The van der Waals surface area contributed by atoms with Gasteiger partial charge in [0.1, 0.15) is 10.8 Å². The Morgan fingerprint density at radius 1 is 1.39 bits per heavy atom. The van der Waals surface area contributed by atoms with E-state index in [-0.39, 0.29) is 0 Å². The second kappa shape index (κ2) is 5.38. The van der Waals surface area contributed by atoms with Crippen LogP contribution in [0, 0.1) is 18.3 Å². The number of nitrogens with zero attached hydrogens (tertiary/aromatic N) is 2. The van der Waals surface area contributed by atoms with Gasteiger partial charge in [-0.2, -0.15) is 5.26 Å². The van der Waals surface area contributed by atoms with Gasteiger partial charge in [-0.3, -0.25) is 0 Å². The summed E-state index contributed by atoms with van der Waals surface area (Å²) in [7, 11) is 0. The molecule has 5 heteroatoms. The van der Waals surface area contributed by atoms with Gasteiger partial charge in [-0.1, -0.05) is 17.7 Å². The van der Waals surface area contributed by atoms with Crippen LogP contribution < -0.4 is 4.74 Å². The molecule has 1 heterocycles. The molecular weight excluding hydrogens is 316 g/mol. The second-order valence-electron chi connectivity index (χ2n) is 3.63. The molecule has 0 fully saturated rings. The minimum Gasteiger partial charge on any atom is -0.437 e. The summed E-state index contributed by atoms with van der Waals surface area (Å²) in [5, 5.41) is 9.27. The third-order valence-electron chi connectivity index (χ3n) is 2.30. The predicted molar refractivity (Wildman–Crippen MR) is 72.9 cm³/mol. The Morgan fingerprint density at radius 3 is 2.83 bits per heavy atom. The van der Waals surface area contributed by atoms with Crippen LogP contribution in [0.3, 0.4) is 0 Å². The summed E-state index contributed by atoms with van der Waals surface area (Å²) < 4.78 is 6.40. The highest BCUT2D eigenvalue weighted by molar-refractivity contribution is 9.10. The number of aromatic nitrogens is 1. The third kappa shape index (κ3) is 2.81. The number of hydrogen-bond donors (Lipinski definition) is 0. The second-order valence-corrected chi connectivity index (χ2v) is 4.96. The van der Waals surface area contributed by atoms with Crippen LogP contribution in [-0.2, 0) is 0 Å². The van der Waals surface area contributed by atoms with Gasteiger partial charge in [0.25, 0.3) is 0 Å². The van der Waals surface area contributed by atoms with Gasteiger partial charge in [0, 0.05) is 10.7 Å². The first-order chi connectivity index (χ1) is 8.60. The van der Waals surface area contributed by atoms with Gasteiger partial charge >= 0.3 is 0 Å². The van der Waals surface area contributed by atoms with Crippen LogP contribution in [0.4, 0.5) is 0 Å². The first-order valence-electron chi connectivity index (χ1n) is 5.10. The molecule has 0 amide bonds. The van der Waals surface area contributed by atoms with E-state index in [1.165, 1.54) is 0 Å². The standard InChI is InChI=1S/C13H8BrClN2O/c1-8-2-3-9(6-16)4-12(8)18-13-11(15)5-10(14)7-17-13/h2-5,7H,1H3. The fourth-order valence-corrected chi connectivity index (χ4v) is 2.03. The number of nitriles is 1. The van der Waals surface area contributed by atoms with E-state index >= 15 is 0 Å². The van der Waals surface area contributed by atoms with Gasteiger partial charge in [0.15, 0.2) is 0 Å². The average molecular weight is 324 g/mol. The summed E-state index contributed by atoms with van der Waals surface area (Å²) >= 11 is 9.30. The van der Waals surface area contributed by atoms with Gasteiger partial charge in [0.2, 0.25) is 5.88 Å². The minimum absolute atomic E-state index is 0.318. The Bertz CT molecular complexity index is 637. The zero-order valence-electron chi connectivity index (χ0n) is 9.45. The lowest BCUT2D eigenvalue weighted by molar-refractivity contribution is 0.459. The van der Waals surface area contributed by atoms with E-state index in [0.29, 0.717) is 22.2 Å².